The van der Waals surface area contributed by atoms with Gasteiger partial charge in [0.05, 0.1) is 15.6 Å². The number of hydrogen-bond acceptors (Lipinski definition) is 4. The third-order valence-electron chi connectivity index (χ3n) is 4.59. The van der Waals surface area contributed by atoms with Crippen LogP contribution in [0, 0.1) is 5.82 Å². The fourth-order valence-corrected chi connectivity index (χ4v) is 4.28. The Bertz CT molecular complexity index is 967. The maximum Gasteiger partial charge on any atom is 0.261 e. The van der Waals surface area contributed by atoms with E-state index in [1.165, 1.54) is 12.1 Å². The molecular weight excluding hydrogens is 405 g/mol. The molecule has 0 spiro atoms. The summed E-state index contributed by atoms with van der Waals surface area (Å²) in [5.41, 5.74) is 0.453. The first-order valence-corrected chi connectivity index (χ1v) is 10.7. The molecule has 2 aromatic rings. The second-order valence-electron chi connectivity index (χ2n) is 6.70. The summed E-state index contributed by atoms with van der Waals surface area (Å²) in [7, 11) is -1.95. The molecule has 28 heavy (non-hydrogen) atoms. The second kappa shape index (κ2) is 8.46. The third-order valence-corrected chi connectivity index (χ3v) is 6.30. The van der Waals surface area contributed by atoms with Crippen molar-refractivity contribution in [2.45, 2.75) is 11.3 Å². The van der Waals surface area contributed by atoms with Crippen LogP contribution in [0.3, 0.4) is 0 Å². The number of likely N-dealkylation sites (N-methyl/N-ethyl adjacent to an activating group) is 1. The monoisotopic (exact) mass is 425 g/mol. The quantitative estimate of drug-likeness (QED) is 0.817. The molecule has 9 heteroatoms. The second-order valence-corrected chi connectivity index (χ2v) is 8.79. The minimum absolute atomic E-state index is 0.0998. The number of amides is 1. The number of carbonyl (C=O) groups is 1. The van der Waals surface area contributed by atoms with Gasteiger partial charge in [0.25, 0.3) is 15.9 Å². The first-order chi connectivity index (χ1) is 13.3. The van der Waals surface area contributed by atoms with Gasteiger partial charge in [0.1, 0.15) is 5.82 Å². The van der Waals surface area contributed by atoms with Crippen molar-refractivity contribution < 1.29 is 17.6 Å². The van der Waals surface area contributed by atoms with Crippen LogP contribution >= 0.6 is 11.6 Å². The highest BCUT2D eigenvalue weighted by molar-refractivity contribution is 7.92. The minimum Gasteiger partial charge on any atom is -0.337 e. The topological polar surface area (TPSA) is 69.7 Å². The fourth-order valence-electron chi connectivity index (χ4n) is 2.99. The van der Waals surface area contributed by atoms with Gasteiger partial charge in [-0.05, 0) is 62.5 Å². The van der Waals surface area contributed by atoms with Crippen molar-refractivity contribution in [1.29, 1.82) is 0 Å². The number of benzene rings is 2. The molecule has 1 saturated heterocycles. The standard InChI is InChI=1S/C19H21ClFN3O3S/c1-23-9-2-10-24(12-11-23)19(25)14-3-8-17(20)18(13-14)22-28(26,27)16-6-4-15(21)5-7-16/h3-8,13,22H,2,9-12H2,1H3. The van der Waals surface area contributed by atoms with E-state index in [1.807, 2.05) is 7.05 Å². The SMILES string of the molecule is CN1CCCN(C(=O)c2ccc(Cl)c(NS(=O)(=O)c3ccc(F)cc3)c2)CC1. The van der Waals surface area contributed by atoms with Gasteiger partial charge in [-0.3, -0.25) is 9.52 Å². The van der Waals surface area contributed by atoms with Gasteiger partial charge in [-0.15, -0.1) is 0 Å². The third kappa shape index (κ3) is 4.81. The Morgan fingerprint density at radius 2 is 1.79 bits per heavy atom. The van der Waals surface area contributed by atoms with Crippen molar-refractivity contribution in [3.63, 3.8) is 0 Å². The molecule has 1 aliphatic heterocycles. The first kappa shape index (κ1) is 20.6. The van der Waals surface area contributed by atoms with Gasteiger partial charge in [0.15, 0.2) is 0 Å². The molecule has 1 heterocycles. The number of hydrogen-bond donors (Lipinski definition) is 1. The highest BCUT2D eigenvalue weighted by Crippen LogP contribution is 2.27. The van der Waals surface area contributed by atoms with Crippen LogP contribution in [-0.4, -0.2) is 57.4 Å². The predicted molar refractivity (Wildman–Crippen MR) is 107 cm³/mol. The van der Waals surface area contributed by atoms with Crippen molar-refractivity contribution in [2.75, 3.05) is 37.9 Å². The molecule has 1 fully saturated rings. The van der Waals surface area contributed by atoms with Crippen molar-refractivity contribution in [3.05, 3.63) is 58.9 Å². The fraction of sp³-hybridized carbons (Fsp3) is 0.316. The molecule has 0 saturated carbocycles. The van der Waals surface area contributed by atoms with E-state index in [2.05, 4.69) is 9.62 Å². The summed E-state index contributed by atoms with van der Waals surface area (Å²) in [5.74, 6) is -0.707. The van der Waals surface area contributed by atoms with E-state index in [-0.39, 0.29) is 21.5 Å². The molecule has 1 aliphatic rings. The lowest BCUT2D eigenvalue weighted by Crippen LogP contribution is -2.34. The van der Waals surface area contributed by atoms with Crippen LogP contribution < -0.4 is 4.72 Å². The van der Waals surface area contributed by atoms with Crippen molar-refractivity contribution >= 4 is 33.2 Å². The van der Waals surface area contributed by atoms with Crippen molar-refractivity contribution in [3.8, 4) is 0 Å². The molecule has 0 aliphatic carbocycles. The number of nitrogens with one attached hydrogen (secondary N) is 1. The molecule has 0 atom stereocenters. The van der Waals surface area contributed by atoms with Gasteiger partial charge in [0.2, 0.25) is 0 Å². The Hall–Kier alpha value is -2.16. The van der Waals surface area contributed by atoms with E-state index in [0.29, 0.717) is 18.7 Å². The zero-order chi connectivity index (χ0) is 20.3. The van der Waals surface area contributed by atoms with Crippen LogP contribution in [-0.2, 0) is 10.0 Å². The Labute approximate surface area is 168 Å². The highest BCUT2D eigenvalue weighted by Gasteiger charge is 2.21. The molecule has 0 bridgehead atoms. The first-order valence-electron chi connectivity index (χ1n) is 8.82. The molecule has 3 rings (SSSR count). The Balaban J connectivity index is 1.83. The van der Waals surface area contributed by atoms with Gasteiger partial charge < -0.3 is 9.80 Å². The average Bonchev–Trinajstić information content (AvgIpc) is 2.87. The molecule has 0 unspecified atom stereocenters. The van der Waals surface area contributed by atoms with Gasteiger partial charge in [-0.25, -0.2) is 12.8 Å². The number of carbonyl (C=O) groups excluding carboxylic acids is 1. The van der Waals surface area contributed by atoms with E-state index in [9.17, 15) is 17.6 Å². The number of sulfonamides is 1. The largest absolute Gasteiger partial charge is 0.337 e. The number of anilines is 1. The van der Waals surface area contributed by atoms with Crippen LogP contribution in [0.4, 0.5) is 10.1 Å². The Morgan fingerprint density at radius 3 is 2.50 bits per heavy atom. The zero-order valence-electron chi connectivity index (χ0n) is 15.4. The van der Waals surface area contributed by atoms with Crippen LogP contribution in [0.1, 0.15) is 16.8 Å². The highest BCUT2D eigenvalue weighted by atomic mass is 35.5. The van der Waals surface area contributed by atoms with Crippen LogP contribution in [0.25, 0.3) is 0 Å². The average molecular weight is 426 g/mol. The summed E-state index contributed by atoms with van der Waals surface area (Å²) in [6, 6.07) is 8.94. The molecule has 0 aromatic heterocycles. The molecule has 6 nitrogen and oxygen atoms in total. The van der Waals surface area contributed by atoms with Crippen LogP contribution in [0.5, 0.6) is 0 Å². The molecule has 150 valence electrons. The van der Waals surface area contributed by atoms with E-state index in [0.717, 1.165) is 43.8 Å². The van der Waals surface area contributed by atoms with Crippen LogP contribution in [0.2, 0.25) is 5.02 Å². The Morgan fingerprint density at radius 1 is 1.07 bits per heavy atom. The lowest BCUT2D eigenvalue weighted by molar-refractivity contribution is 0.0763. The lowest BCUT2D eigenvalue weighted by atomic mass is 10.1. The maximum atomic E-state index is 13.1. The number of halogens is 2. The van der Waals surface area contributed by atoms with Gasteiger partial charge in [0, 0.05) is 25.2 Å². The summed E-state index contributed by atoms with van der Waals surface area (Å²) < 4.78 is 40.5. The van der Waals surface area contributed by atoms with Gasteiger partial charge in [-0.1, -0.05) is 11.6 Å². The van der Waals surface area contributed by atoms with Crippen molar-refractivity contribution in [1.82, 2.24) is 9.80 Å². The minimum atomic E-state index is -3.97. The number of rotatable bonds is 4. The normalized spacial score (nSPS) is 15.9. The Kier molecular flexibility index (Phi) is 6.22. The molecule has 0 radical (unpaired) electrons. The summed E-state index contributed by atoms with van der Waals surface area (Å²) in [4.78, 5) is 16.7. The van der Waals surface area contributed by atoms with E-state index < -0.39 is 15.8 Å². The van der Waals surface area contributed by atoms with Gasteiger partial charge in [-0.2, -0.15) is 0 Å². The molecular formula is C19H21ClFN3O3S. The summed E-state index contributed by atoms with van der Waals surface area (Å²) >= 11 is 6.13. The summed E-state index contributed by atoms with van der Waals surface area (Å²) in [5, 5.41) is 0.165. The van der Waals surface area contributed by atoms with Crippen LogP contribution in [0.15, 0.2) is 47.4 Å². The van der Waals surface area contributed by atoms with Gasteiger partial charge >= 0.3 is 0 Å². The molecule has 1 N–H and O–H groups in total. The van der Waals surface area contributed by atoms with E-state index in [4.69, 9.17) is 11.6 Å². The van der Waals surface area contributed by atoms with E-state index in [1.54, 1.807) is 11.0 Å². The summed E-state index contributed by atoms with van der Waals surface area (Å²) in [6.07, 6.45) is 0.875. The summed E-state index contributed by atoms with van der Waals surface area (Å²) in [6.45, 7) is 2.95. The lowest BCUT2D eigenvalue weighted by Gasteiger charge is -2.21. The van der Waals surface area contributed by atoms with Crippen molar-refractivity contribution in [2.24, 2.45) is 0 Å². The number of nitrogens with zero attached hydrogens (tertiary/aromatic N) is 2. The maximum absolute atomic E-state index is 13.1. The smallest absolute Gasteiger partial charge is 0.261 e. The molecule has 2 aromatic carbocycles. The van der Waals surface area contributed by atoms with E-state index >= 15 is 0 Å². The zero-order valence-corrected chi connectivity index (χ0v) is 16.9. The molecule has 1 amide bonds. The predicted octanol–water partition coefficient (Wildman–Crippen LogP) is 3.06.